The SMILES string of the molecule is Cc1ccc(C)c([C@H](C)NC(=O)[C@@H]2COCCN2)c1. The summed E-state index contributed by atoms with van der Waals surface area (Å²) in [5, 5.41) is 6.22. The fourth-order valence-electron chi connectivity index (χ4n) is 2.35. The molecule has 1 aromatic carbocycles. The minimum atomic E-state index is -0.235. The molecule has 1 amide bonds. The molecule has 4 nitrogen and oxygen atoms in total. The van der Waals surface area contributed by atoms with E-state index in [1.165, 1.54) is 16.7 Å². The molecule has 0 unspecified atom stereocenters. The Morgan fingerprint density at radius 2 is 2.26 bits per heavy atom. The van der Waals surface area contributed by atoms with Gasteiger partial charge in [0.1, 0.15) is 6.04 Å². The Kier molecular flexibility index (Phi) is 4.56. The van der Waals surface area contributed by atoms with Crippen molar-refractivity contribution in [3.05, 3.63) is 34.9 Å². The average molecular weight is 262 g/mol. The lowest BCUT2D eigenvalue weighted by Crippen LogP contribution is -2.51. The molecule has 1 heterocycles. The van der Waals surface area contributed by atoms with E-state index >= 15 is 0 Å². The van der Waals surface area contributed by atoms with Crippen LogP contribution in [0.5, 0.6) is 0 Å². The minimum Gasteiger partial charge on any atom is -0.378 e. The highest BCUT2D eigenvalue weighted by atomic mass is 16.5. The van der Waals surface area contributed by atoms with Crippen LogP contribution in [-0.4, -0.2) is 31.7 Å². The molecule has 19 heavy (non-hydrogen) atoms. The zero-order valence-corrected chi connectivity index (χ0v) is 11.8. The topological polar surface area (TPSA) is 50.4 Å². The van der Waals surface area contributed by atoms with E-state index < -0.39 is 0 Å². The summed E-state index contributed by atoms with van der Waals surface area (Å²) < 4.78 is 5.31. The van der Waals surface area contributed by atoms with Crippen LogP contribution in [0.4, 0.5) is 0 Å². The maximum Gasteiger partial charge on any atom is 0.240 e. The molecule has 1 fully saturated rings. The van der Waals surface area contributed by atoms with E-state index in [1.54, 1.807) is 0 Å². The molecule has 0 spiro atoms. The van der Waals surface area contributed by atoms with Gasteiger partial charge in [-0.3, -0.25) is 4.79 Å². The summed E-state index contributed by atoms with van der Waals surface area (Å²) >= 11 is 0. The third-order valence-corrected chi connectivity index (χ3v) is 3.50. The fourth-order valence-corrected chi connectivity index (χ4v) is 2.35. The van der Waals surface area contributed by atoms with E-state index in [0.717, 1.165) is 6.54 Å². The number of rotatable bonds is 3. The summed E-state index contributed by atoms with van der Waals surface area (Å²) in [4.78, 5) is 12.1. The Morgan fingerprint density at radius 1 is 1.47 bits per heavy atom. The fraction of sp³-hybridized carbons (Fsp3) is 0.533. The number of nitrogens with one attached hydrogen (secondary N) is 2. The second kappa shape index (κ2) is 6.17. The van der Waals surface area contributed by atoms with Crippen LogP contribution < -0.4 is 10.6 Å². The van der Waals surface area contributed by atoms with E-state index in [0.29, 0.717) is 13.2 Å². The monoisotopic (exact) mass is 262 g/mol. The van der Waals surface area contributed by atoms with Gasteiger partial charge in [-0.25, -0.2) is 0 Å². The molecule has 1 aliphatic rings. The van der Waals surface area contributed by atoms with Crippen molar-refractivity contribution in [1.82, 2.24) is 10.6 Å². The minimum absolute atomic E-state index is 0.00751. The maximum absolute atomic E-state index is 12.1. The van der Waals surface area contributed by atoms with Gasteiger partial charge in [-0.05, 0) is 31.9 Å². The van der Waals surface area contributed by atoms with Gasteiger partial charge in [0.25, 0.3) is 0 Å². The molecule has 0 bridgehead atoms. The molecule has 0 aliphatic carbocycles. The first-order valence-corrected chi connectivity index (χ1v) is 6.76. The zero-order chi connectivity index (χ0) is 13.8. The lowest BCUT2D eigenvalue weighted by molar-refractivity contribution is -0.126. The Bertz CT molecular complexity index is 453. The van der Waals surface area contributed by atoms with E-state index in [-0.39, 0.29) is 18.0 Å². The smallest absolute Gasteiger partial charge is 0.240 e. The summed E-state index contributed by atoms with van der Waals surface area (Å²) in [6.45, 7) is 8.01. The van der Waals surface area contributed by atoms with Gasteiger partial charge in [0, 0.05) is 6.54 Å². The summed E-state index contributed by atoms with van der Waals surface area (Å²) in [5.74, 6) is 0.00751. The van der Waals surface area contributed by atoms with Crippen molar-refractivity contribution in [2.75, 3.05) is 19.8 Å². The van der Waals surface area contributed by atoms with Crippen LogP contribution in [0.15, 0.2) is 18.2 Å². The number of morpholine rings is 1. The molecule has 0 saturated carbocycles. The molecule has 2 atom stereocenters. The number of amides is 1. The molecular formula is C15H22N2O2. The van der Waals surface area contributed by atoms with Crippen molar-refractivity contribution in [2.24, 2.45) is 0 Å². The van der Waals surface area contributed by atoms with Crippen molar-refractivity contribution in [2.45, 2.75) is 32.9 Å². The van der Waals surface area contributed by atoms with E-state index in [9.17, 15) is 4.79 Å². The molecule has 1 aliphatic heterocycles. The van der Waals surface area contributed by atoms with Gasteiger partial charge in [-0.15, -0.1) is 0 Å². The predicted octanol–water partition coefficient (Wildman–Crippen LogP) is 1.47. The van der Waals surface area contributed by atoms with Gasteiger partial charge in [0.2, 0.25) is 5.91 Å². The lowest BCUT2D eigenvalue weighted by Gasteiger charge is -2.25. The van der Waals surface area contributed by atoms with E-state index in [4.69, 9.17) is 4.74 Å². The second-order valence-corrected chi connectivity index (χ2v) is 5.17. The second-order valence-electron chi connectivity index (χ2n) is 5.17. The van der Waals surface area contributed by atoms with Crippen LogP contribution in [-0.2, 0) is 9.53 Å². The van der Waals surface area contributed by atoms with Crippen LogP contribution in [0.3, 0.4) is 0 Å². The Balaban J connectivity index is 2.01. The molecular weight excluding hydrogens is 240 g/mol. The average Bonchev–Trinajstić information content (AvgIpc) is 2.42. The van der Waals surface area contributed by atoms with Crippen molar-refractivity contribution in [3.63, 3.8) is 0 Å². The summed E-state index contributed by atoms with van der Waals surface area (Å²) in [6.07, 6.45) is 0. The van der Waals surface area contributed by atoms with Crippen LogP contribution >= 0.6 is 0 Å². The lowest BCUT2D eigenvalue weighted by atomic mass is 10.00. The van der Waals surface area contributed by atoms with Gasteiger partial charge < -0.3 is 15.4 Å². The van der Waals surface area contributed by atoms with Gasteiger partial charge in [0.05, 0.1) is 19.3 Å². The third-order valence-electron chi connectivity index (χ3n) is 3.50. The van der Waals surface area contributed by atoms with Gasteiger partial charge >= 0.3 is 0 Å². The predicted molar refractivity (Wildman–Crippen MR) is 75.1 cm³/mol. The van der Waals surface area contributed by atoms with Gasteiger partial charge in [-0.1, -0.05) is 23.8 Å². The molecule has 4 heteroatoms. The normalized spacial score (nSPS) is 20.9. The van der Waals surface area contributed by atoms with Crippen molar-refractivity contribution < 1.29 is 9.53 Å². The first-order valence-electron chi connectivity index (χ1n) is 6.76. The van der Waals surface area contributed by atoms with Crippen molar-refractivity contribution in [1.29, 1.82) is 0 Å². The molecule has 2 rings (SSSR count). The summed E-state index contributed by atoms with van der Waals surface area (Å²) in [6, 6.07) is 6.09. The highest BCUT2D eigenvalue weighted by Gasteiger charge is 2.23. The molecule has 0 radical (unpaired) electrons. The first-order chi connectivity index (χ1) is 9.08. The molecule has 1 saturated heterocycles. The number of hydrogen-bond donors (Lipinski definition) is 2. The highest BCUT2D eigenvalue weighted by Crippen LogP contribution is 2.19. The quantitative estimate of drug-likeness (QED) is 0.867. The standard InChI is InChI=1S/C15H22N2O2/c1-10-4-5-11(2)13(8-10)12(3)17-15(18)14-9-19-7-6-16-14/h4-5,8,12,14,16H,6-7,9H2,1-3H3,(H,17,18)/t12-,14-/m0/s1. The summed E-state index contributed by atoms with van der Waals surface area (Å²) in [5.41, 5.74) is 3.58. The maximum atomic E-state index is 12.1. The molecule has 2 N–H and O–H groups in total. The number of benzene rings is 1. The first kappa shape index (κ1) is 14.0. The summed E-state index contributed by atoms with van der Waals surface area (Å²) in [7, 11) is 0. The molecule has 1 aromatic rings. The van der Waals surface area contributed by atoms with E-state index in [2.05, 4.69) is 42.7 Å². The van der Waals surface area contributed by atoms with Crippen LogP contribution in [0.1, 0.15) is 29.7 Å². The number of aryl methyl sites for hydroxylation is 2. The number of carbonyl (C=O) groups is 1. The van der Waals surface area contributed by atoms with Crippen LogP contribution in [0.25, 0.3) is 0 Å². The van der Waals surface area contributed by atoms with Gasteiger partial charge in [0.15, 0.2) is 0 Å². The zero-order valence-electron chi connectivity index (χ0n) is 11.8. The Hall–Kier alpha value is -1.39. The largest absolute Gasteiger partial charge is 0.378 e. The Morgan fingerprint density at radius 3 is 2.95 bits per heavy atom. The number of ether oxygens (including phenoxy) is 1. The van der Waals surface area contributed by atoms with Crippen molar-refractivity contribution in [3.8, 4) is 0 Å². The van der Waals surface area contributed by atoms with Crippen molar-refractivity contribution >= 4 is 5.91 Å². The molecule has 0 aromatic heterocycles. The number of carbonyl (C=O) groups excluding carboxylic acids is 1. The molecule has 104 valence electrons. The van der Waals surface area contributed by atoms with Crippen LogP contribution in [0, 0.1) is 13.8 Å². The van der Waals surface area contributed by atoms with Gasteiger partial charge in [-0.2, -0.15) is 0 Å². The Labute approximate surface area is 114 Å². The van der Waals surface area contributed by atoms with E-state index in [1.807, 2.05) is 6.92 Å². The van der Waals surface area contributed by atoms with Crippen LogP contribution in [0.2, 0.25) is 0 Å². The number of hydrogen-bond acceptors (Lipinski definition) is 3. The highest BCUT2D eigenvalue weighted by molar-refractivity contribution is 5.82. The third kappa shape index (κ3) is 3.55.